The summed E-state index contributed by atoms with van der Waals surface area (Å²) < 4.78 is 7.69. The number of hydrogen-bond donors (Lipinski definition) is 1. The highest BCUT2D eigenvalue weighted by atomic mass is 16.5. The number of benzene rings is 1. The van der Waals surface area contributed by atoms with E-state index in [1.807, 2.05) is 10.6 Å². The van der Waals surface area contributed by atoms with E-state index in [4.69, 9.17) is 4.74 Å². The van der Waals surface area contributed by atoms with Crippen LogP contribution in [0.2, 0.25) is 0 Å². The van der Waals surface area contributed by atoms with Gasteiger partial charge in [-0.3, -0.25) is 9.59 Å². The third kappa shape index (κ3) is 3.36. The van der Waals surface area contributed by atoms with Gasteiger partial charge < -0.3 is 19.3 Å². The fraction of sp³-hybridized carbons (Fsp3) is 0.500. The first kappa shape index (κ1) is 21.7. The van der Waals surface area contributed by atoms with E-state index < -0.39 is 11.4 Å². The minimum atomic E-state index is -1.21. The lowest BCUT2D eigenvalue weighted by atomic mass is 9.67. The monoisotopic (exact) mass is 450 g/mol. The lowest BCUT2D eigenvalue weighted by Crippen LogP contribution is -2.61. The zero-order valence-electron chi connectivity index (χ0n) is 19.4. The minimum Gasteiger partial charge on any atom is -0.495 e. The molecule has 174 valence electrons. The highest BCUT2D eigenvalue weighted by Crippen LogP contribution is 2.48. The smallest absolute Gasteiger partial charge is 0.341 e. The fourth-order valence-corrected chi connectivity index (χ4v) is 5.85. The van der Waals surface area contributed by atoms with Crippen LogP contribution in [0.5, 0.6) is 5.75 Å². The number of methoxy groups -OCH3 is 1. The van der Waals surface area contributed by atoms with E-state index in [1.165, 1.54) is 12.3 Å². The van der Waals surface area contributed by atoms with Crippen LogP contribution in [-0.2, 0) is 11.2 Å². The SMILES string of the molecule is COc1cc2c(cc1N1CC3(CCCCC3=O)C1)CC(C(C)C)n1cc(C(=O)O)c(=O)cc1-2. The van der Waals surface area contributed by atoms with Crippen molar-refractivity contribution >= 4 is 17.4 Å². The molecular weight excluding hydrogens is 420 g/mol. The van der Waals surface area contributed by atoms with E-state index in [2.05, 4.69) is 24.8 Å². The average molecular weight is 451 g/mol. The summed E-state index contributed by atoms with van der Waals surface area (Å²) in [6, 6.07) is 5.58. The Balaban J connectivity index is 1.58. The lowest BCUT2D eigenvalue weighted by Gasteiger charge is -2.52. The fourth-order valence-electron chi connectivity index (χ4n) is 5.85. The van der Waals surface area contributed by atoms with Crippen LogP contribution in [0, 0.1) is 11.3 Å². The lowest BCUT2D eigenvalue weighted by molar-refractivity contribution is -0.132. The second-order valence-electron chi connectivity index (χ2n) is 10.1. The van der Waals surface area contributed by atoms with Gasteiger partial charge >= 0.3 is 5.97 Å². The maximum atomic E-state index is 12.6. The number of carboxylic acid groups (broad SMARTS) is 1. The molecule has 1 aromatic carbocycles. The van der Waals surface area contributed by atoms with Crippen LogP contribution in [-0.4, -0.2) is 41.6 Å². The average Bonchev–Trinajstić information content (AvgIpc) is 2.76. The predicted octanol–water partition coefficient (Wildman–Crippen LogP) is 3.92. The molecule has 2 fully saturated rings. The van der Waals surface area contributed by atoms with Crippen LogP contribution in [0.4, 0.5) is 5.69 Å². The number of fused-ring (bicyclic) bond motifs is 3. The number of ether oxygens (including phenoxy) is 1. The summed E-state index contributed by atoms with van der Waals surface area (Å²) in [4.78, 5) is 38.9. The second-order valence-corrected chi connectivity index (χ2v) is 10.1. The van der Waals surface area contributed by atoms with Crippen molar-refractivity contribution in [3.63, 3.8) is 0 Å². The van der Waals surface area contributed by atoms with Gasteiger partial charge in [-0.05, 0) is 42.9 Å². The molecule has 1 N–H and O–H groups in total. The first-order valence-corrected chi connectivity index (χ1v) is 11.7. The van der Waals surface area contributed by atoms with Crippen LogP contribution >= 0.6 is 0 Å². The van der Waals surface area contributed by atoms with E-state index in [9.17, 15) is 19.5 Å². The number of ketones is 1. The third-order valence-corrected chi connectivity index (χ3v) is 7.77. The second kappa shape index (κ2) is 7.75. The topological polar surface area (TPSA) is 88.8 Å². The standard InChI is InChI=1S/C26H30N2O5/c1-15(2)19-8-16-9-21(27-13-26(14-27)7-5-4-6-24(26)30)23(33-3)10-17(16)20-11-22(29)18(25(31)32)12-28(19)20/h9-12,15,19H,4-8,13-14H2,1-3H3,(H,31,32). The van der Waals surface area contributed by atoms with Crippen LogP contribution in [0.25, 0.3) is 11.3 Å². The summed E-state index contributed by atoms with van der Waals surface area (Å²) in [6.07, 6.45) is 5.99. The number of carbonyl (C=O) groups is 2. The molecule has 1 spiro atoms. The molecule has 0 radical (unpaired) electrons. The molecule has 0 bridgehead atoms. The van der Waals surface area contributed by atoms with Gasteiger partial charge in [0.2, 0.25) is 0 Å². The van der Waals surface area contributed by atoms with Gasteiger partial charge in [0.25, 0.3) is 0 Å². The largest absolute Gasteiger partial charge is 0.495 e. The highest BCUT2D eigenvalue weighted by Gasteiger charge is 2.50. The quantitative estimate of drug-likeness (QED) is 0.759. The summed E-state index contributed by atoms with van der Waals surface area (Å²) in [5.41, 5.74) is 2.81. The molecule has 1 saturated heterocycles. The Morgan fingerprint density at radius 1 is 1.18 bits per heavy atom. The normalized spacial score (nSPS) is 20.9. The predicted molar refractivity (Wildman–Crippen MR) is 125 cm³/mol. The first-order chi connectivity index (χ1) is 15.7. The zero-order chi connectivity index (χ0) is 23.5. The number of aromatic carboxylic acids is 1. The van der Waals surface area contributed by atoms with Gasteiger partial charge in [0.1, 0.15) is 17.1 Å². The van der Waals surface area contributed by atoms with Gasteiger partial charge in [-0.15, -0.1) is 0 Å². The van der Waals surface area contributed by atoms with Gasteiger partial charge in [0.05, 0.1) is 23.9 Å². The molecule has 1 saturated carbocycles. The maximum Gasteiger partial charge on any atom is 0.341 e. The number of carboxylic acids is 1. The van der Waals surface area contributed by atoms with Crippen LogP contribution in [0.3, 0.4) is 0 Å². The van der Waals surface area contributed by atoms with Gasteiger partial charge in [-0.1, -0.05) is 20.3 Å². The molecular formula is C26H30N2O5. The molecule has 1 atom stereocenters. The van der Waals surface area contributed by atoms with Crippen molar-refractivity contribution in [1.29, 1.82) is 0 Å². The van der Waals surface area contributed by atoms with Gasteiger partial charge in [0, 0.05) is 43.4 Å². The summed E-state index contributed by atoms with van der Waals surface area (Å²) in [7, 11) is 1.63. The Labute approximate surface area is 193 Å². The number of pyridine rings is 1. The van der Waals surface area contributed by atoms with Gasteiger partial charge in [-0.2, -0.15) is 0 Å². The molecule has 2 aliphatic heterocycles. The number of Topliss-reactive ketones (excluding diaryl/α,β-unsaturated/α-hetero) is 1. The third-order valence-electron chi connectivity index (χ3n) is 7.77. The Bertz CT molecular complexity index is 1210. The van der Waals surface area contributed by atoms with Gasteiger partial charge in [-0.25, -0.2) is 4.79 Å². The number of anilines is 1. The highest BCUT2D eigenvalue weighted by molar-refractivity contribution is 5.90. The Kier molecular flexibility index (Phi) is 5.10. The molecule has 7 heteroatoms. The summed E-state index contributed by atoms with van der Waals surface area (Å²) >= 11 is 0. The summed E-state index contributed by atoms with van der Waals surface area (Å²) in [6.45, 7) is 5.67. The van der Waals surface area contributed by atoms with Crippen molar-refractivity contribution in [3.05, 3.63) is 45.7 Å². The number of carbonyl (C=O) groups excluding carboxylic acids is 1. The first-order valence-electron chi connectivity index (χ1n) is 11.7. The number of rotatable bonds is 4. The van der Waals surface area contributed by atoms with Crippen molar-refractivity contribution in [1.82, 2.24) is 4.57 Å². The molecule has 0 amide bonds. The molecule has 1 aliphatic carbocycles. The molecule has 1 aromatic heterocycles. The molecule has 7 nitrogen and oxygen atoms in total. The molecule has 5 rings (SSSR count). The number of hydrogen-bond acceptors (Lipinski definition) is 5. The van der Waals surface area contributed by atoms with E-state index in [0.717, 1.165) is 61.3 Å². The Morgan fingerprint density at radius 2 is 1.94 bits per heavy atom. The minimum absolute atomic E-state index is 0.0371. The Hall–Kier alpha value is -3.09. The van der Waals surface area contributed by atoms with Crippen LogP contribution < -0.4 is 15.1 Å². The van der Waals surface area contributed by atoms with Crippen molar-refractivity contribution in [2.45, 2.75) is 52.0 Å². The molecule has 1 unspecified atom stereocenters. The van der Waals surface area contributed by atoms with E-state index in [0.29, 0.717) is 18.0 Å². The van der Waals surface area contributed by atoms with E-state index >= 15 is 0 Å². The van der Waals surface area contributed by atoms with Gasteiger partial charge in [0.15, 0.2) is 5.43 Å². The van der Waals surface area contributed by atoms with Crippen LogP contribution in [0.1, 0.15) is 61.5 Å². The number of aromatic nitrogens is 1. The molecule has 33 heavy (non-hydrogen) atoms. The summed E-state index contributed by atoms with van der Waals surface area (Å²) in [5, 5.41) is 9.46. The van der Waals surface area contributed by atoms with Crippen molar-refractivity contribution < 1.29 is 19.4 Å². The van der Waals surface area contributed by atoms with E-state index in [1.54, 1.807) is 7.11 Å². The maximum absolute atomic E-state index is 12.6. The van der Waals surface area contributed by atoms with Crippen LogP contribution in [0.15, 0.2) is 29.2 Å². The summed E-state index contributed by atoms with van der Waals surface area (Å²) in [5.74, 6) is 0.139. The Morgan fingerprint density at radius 3 is 2.58 bits per heavy atom. The van der Waals surface area contributed by atoms with Crippen molar-refractivity contribution in [2.24, 2.45) is 11.3 Å². The number of nitrogens with zero attached hydrogens (tertiary/aromatic N) is 2. The zero-order valence-corrected chi connectivity index (χ0v) is 19.4. The molecule has 2 aromatic rings. The van der Waals surface area contributed by atoms with Crippen molar-refractivity contribution in [3.8, 4) is 17.0 Å². The molecule has 3 aliphatic rings. The van der Waals surface area contributed by atoms with E-state index in [-0.39, 0.29) is 22.9 Å². The molecule has 3 heterocycles. The van der Waals surface area contributed by atoms with Crippen molar-refractivity contribution in [2.75, 3.05) is 25.1 Å².